The molecule has 0 bridgehead atoms. The number of ether oxygens (including phenoxy) is 2. The number of methoxy groups -OCH3 is 1. The predicted molar refractivity (Wildman–Crippen MR) is 81.0 cm³/mol. The highest BCUT2D eigenvalue weighted by Gasteiger charge is 2.12. The van der Waals surface area contributed by atoms with Gasteiger partial charge in [-0.25, -0.2) is 4.98 Å². The van der Waals surface area contributed by atoms with Gasteiger partial charge >= 0.3 is 0 Å². The van der Waals surface area contributed by atoms with Gasteiger partial charge in [0.1, 0.15) is 18.1 Å². The van der Waals surface area contributed by atoms with E-state index in [0.717, 1.165) is 16.2 Å². The Labute approximate surface area is 126 Å². The van der Waals surface area contributed by atoms with E-state index in [4.69, 9.17) is 9.47 Å². The lowest BCUT2D eigenvalue weighted by Gasteiger charge is -2.14. The smallest absolute Gasteiger partial charge is 0.193 e. The third-order valence-corrected chi connectivity index (χ3v) is 3.96. The molecule has 1 atom stereocenters. The van der Waals surface area contributed by atoms with E-state index in [1.807, 2.05) is 34.3 Å². The first-order valence-corrected chi connectivity index (χ1v) is 7.45. The molecule has 2 aromatic heterocycles. The van der Waals surface area contributed by atoms with Crippen molar-refractivity contribution in [3.8, 4) is 11.5 Å². The van der Waals surface area contributed by atoms with Gasteiger partial charge in [0, 0.05) is 29.4 Å². The summed E-state index contributed by atoms with van der Waals surface area (Å²) < 4.78 is 13.0. The zero-order valence-electron chi connectivity index (χ0n) is 11.8. The lowest BCUT2D eigenvalue weighted by Crippen LogP contribution is -2.01. The third kappa shape index (κ3) is 2.86. The zero-order chi connectivity index (χ0) is 14.8. The molecule has 5 nitrogen and oxygen atoms in total. The first-order chi connectivity index (χ1) is 10.2. The van der Waals surface area contributed by atoms with Crippen LogP contribution in [0.2, 0.25) is 0 Å². The molecule has 6 heteroatoms. The van der Waals surface area contributed by atoms with Gasteiger partial charge < -0.3 is 14.6 Å². The van der Waals surface area contributed by atoms with Crippen molar-refractivity contribution in [1.82, 2.24) is 9.38 Å². The Hall–Kier alpha value is -2.05. The van der Waals surface area contributed by atoms with E-state index in [1.165, 1.54) is 0 Å². The lowest BCUT2D eigenvalue weighted by molar-refractivity contribution is 0.189. The Morgan fingerprint density at radius 3 is 3.00 bits per heavy atom. The summed E-state index contributed by atoms with van der Waals surface area (Å²) in [5, 5.41) is 11.8. The van der Waals surface area contributed by atoms with E-state index >= 15 is 0 Å². The number of rotatable bonds is 5. The second kappa shape index (κ2) is 5.75. The summed E-state index contributed by atoms with van der Waals surface area (Å²) >= 11 is 1.58. The number of imidazole rings is 1. The van der Waals surface area contributed by atoms with Crippen LogP contribution in [0.1, 0.15) is 24.3 Å². The predicted octanol–water partition coefficient (Wildman–Crippen LogP) is 3.04. The Kier molecular flexibility index (Phi) is 3.81. The summed E-state index contributed by atoms with van der Waals surface area (Å²) in [7, 11) is 1.60. The first-order valence-electron chi connectivity index (χ1n) is 6.57. The minimum Gasteiger partial charge on any atom is -0.497 e. The molecule has 3 rings (SSSR count). The molecule has 2 heterocycles. The van der Waals surface area contributed by atoms with Crippen molar-refractivity contribution in [2.24, 2.45) is 0 Å². The van der Waals surface area contributed by atoms with Gasteiger partial charge in [-0.05, 0) is 19.1 Å². The van der Waals surface area contributed by atoms with Gasteiger partial charge in [-0.3, -0.25) is 4.40 Å². The number of aliphatic hydroxyl groups is 1. The lowest BCUT2D eigenvalue weighted by atomic mass is 10.1. The van der Waals surface area contributed by atoms with Crippen molar-refractivity contribution in [2.45, 2.75) is 19.6 Å². The van der Waals surface area contributed by atoms with Gasteiger partial charge in [-0.2, -0.15) is 0 Å². The van der Waals surface area contributed by atoms with Crippen molar-refractivity contribution >= 4 is 16.3 Å². The summed E-state index contributed by atoms with van der Waals surface area (Å²) in [4.78, 5) is 5.41. The highest BCUT2D eigenvalue weighted by Crippen LogP contribution is 2.30. The largest absolute Gasteiger partial charge is 0.497 e. The van der Waals surface area contributed by atoms with Crippen LogP contribution in [0.4, 0.5) is 0 Å². The number of benzene rings is 1. The van der Waals surface area contributed by atoms with Crippen LogP contribution in [0.25, 0.3) is 4.96 Å². The molecule has 0 saturated heterocycles. The van der Waals surface area contributed by atoms with Crippen molar-refractivity contribution in [3.05, 3.63) is 47.2 Å². The molecule has 0 spiro atoms. The van der Waals surface area contributed by atoms with Gasteiger partial charge in [0.25, 0.3) is 0 Å². The van der Waals surface area contributed by atoms with Crippen molar-refractivity contribution in [3.63, 3.8) is 0 Å². The molecule has 1 aromatic carbocycles. The molecule has 1 N–H and O–H groups in total. The van der Waals surface area contributed by atoms with Crippen LogP contribution in [-0.4, -0.2) is 21.6 Å². The first kappa shape index (κ1) is 13.9. The fraction of sp³-hybridized carbons (Fsp3) is 0.267. The van der Waals surface area contributed by atoms with E-state index in [9.17, 15) is 5.11 Å². The fourth-order valence-corrected chi connectivity index (χ4v) is 2.83. The summed E-state index contributed by atoms with van der Waals surface area (Å²) in [5.41, 5.74) is 1.58. The average Bonchev–Trinajstić information content (AvgIpc) is 3.05. The SMILES string of the molecule is COc1ccc(C(C)O)c(OCc2cn3ccsc3n2)c1. The molecule has 110 valence electrons. The van der Waals surface area contributed by atoms with E-state index in [2.05, 4.69) is 4.98 Å². The maximum Gasteiger partial charge on any atom is 0.193 e. The number of aromatic nitrogens is 2. The van der Waals surface area contributed by atoms with Crippen LogP contribution in [0.3, 0.4) is 0 Å². The number of fused-ring (bicyclic) bond motifs is 1. The molecule has 0 aliphatic carbocycles. The van der Waals surface area contributed by atoms with Crippen LogP contribution in [0.5, 0.6) is 11.5 Å². The van der Waals surface area contributed by atoms with E-state index in [0.29, 0.717) is 18.1 Å². The van der Waals surface area contributed by atoms with E-state index in [1.54, 1.807) is 31.4 Å². The zero-order valence-corrected chi connectivity index (χ0v) is 12.6. The Morgan fingerprint density at radius 1 is 1.43 bits per heavy atom. The number of thiazole rings is 1. The van der Waals surface area contributed by atoms with Gasteiger partial charge in [0.2, 0.25) is 0 Å². The van der Waals surface area contributed by atoms with Crippen LogP contribution in [0, 0.1) is 0 Å². The average molecular weight is 304 g/mol. The van der Waals surface area contributed by atoms with Gasteiger partial charge in [0.15, 0.2) is 4.96 Å². The second-order valence-corrected chi connectivity index (χ2v) is 5.57. The minimum atomic E-state index is -0.601. The molecule has 0 fully saturated rings. The standard InChI is InChI=1S/C15H16N2O3S/c1-10(18)13-4-3-12(19-2)7-14(13)20-9-11-8-17-5-6-21-15(17)16-11/h3-8,10,18H,9H2,1-2H3. The second-order valence-electron chi connectivity index (χ2n) is 4.69. The monoisotopic (exact) mass is 304 g/mol. The molecule has 0 radical (unpaired) electrons. The molecule has 0 amide bonds. The molecule has 1 unspecified atom stereocenters. The van der Waals surface area contributed by atoms with Crippen LogP contribution in [-0.2, 0) is 6.61 Å². The Balaban J connectivity index is 1.81. The number of hydrogen-bond donors (Lipinski definition) is 1. The minimum absolute atomic E-state index is 0.348. The normalized spacial score (nSPS) is 12.5. The highest BCUT2D eigenvalue weighted by atomic mass is 32.1. The molecule has 0 aliphatic rings. The maximum atomic E-state index is 9.81. The molecular weight excluding hydrogens is 288 g/mol. The molecule has 21 heavy (non-hydrogen) atoms. The molecule has 0 saturated carbocycles. The van der Waals surface area contributed by atoms with Crippen molar-refractivity contribution in [2.75, 3.05) is 7.11 Å². The quantitative estimate of drug-likeness (QED) is 0.787. The summed E-state index contributed by atoms with van der Waals surface area (Å²) in [6.45, 7) is 2.06. The van der Waals surface area contributed by atoms with Crippen LogP contribution >= 0.6 is 11.3 Å². The van der Waals surface area contributed by atoms with Gasteiger partial charge in [-0.1, -0.05) is 0 Å². The fourth-order valence-electron chi connectivity index (χ4n) is 2.11. The molecule has 0 aliphatic heterocycles. The van der Waals surface area contributed by atoms with Gasteiger partial charge in [-0.15, -0.1) is 11.3 Å². The van der Waals surface area contributed by atoms with Gasteiger partial charge in [0.05, 0.1) is 18.9 Å². The Morgan fingerprint density at radius 2 is 2.29 bits per heavy atom. The summed E-state index contributed by atoms with van der Waals surface area (Å²) in [5.74, 6) is 1.31. The topological polar surface area (TPSA) is 56.0 Å². The molecule has 3 aromatic rings. The van der Waals surface area contributed by atoms with E-state index < -0.39 is 6.10 Å². The number of hydrogen-bond acceptors (Lipinski definition) is 5. The van der Waals surface area contributed by atoms with Crippen molar-refractivity contribution < 1.29 is 14.6 Å². The van der Waals surface area contributed by atoms with Crippen LogP contribution in [0.15, 0.2) is 36.0 Å². The number of nitrogens with zero attached hydrogens (tertiary/aromatic N) is 2. The number of aliphatic hydroxyl groups excluding tert-OH is 1. The highest BCUT2D eigenvalue weighted by molar-refractivity contribution is 7.15. The third-order valence-electron chi connectivity index (χ3n) is 3.19. The maximum absolute atomic E-state index is 9.81. The van der Waals surface area contributed by atoms with Crippen LogP contribution < -0.4 is 9.47 Å². The Bertz CT molecular complexity index is 720. The van der Waals surface area contributed by atoms with E-state index in [-0.39, 0.29) is 0 Å². The summed E-state index contributed by atoms with van der Waals surface area (Å²) in [6, 6.07) is 5.40. The molecular formula is C15H16N2O3S. The summed E-state index contributed by atoms with van der Waals surface area (Å²) in [6.07, 6.45) is 3.30. The van der Waals surface area contributed by atoms with Crippen molar-refractivity contribution in [1.29, 1.82) is 0 Å².